The van der Waals surface area contributed by atoms with Gasteiger partial charge in [0.2, 0.25) is 10.0 Å². The number of nitrogens with zero attached hydrogens (tertiary/aromatic N) is 2. The van der Waals surface area contributed by atoms with Gasteiger partial charge < -0.3 is 4.90 Å². The van der Waals surface area contributed by atoms with Gasteiger partial charge in [-0.2, -0.15) is 0 Å². The maximum atomic E-state index is 12.5. The van der Waals surface area contributed by atoms with Gasteiger partial charge in [-0.3, -0.25) is 0 Å². The SMILES string of the molecule is O=S(=O)(N[C@@H]1CCN(c2ccccn2)C1)c1ccccc1Br. The molecule has 1 saturated heterocycles. The fraction of sp³-hybridized carbons (Fsp3) is 0.267. The van der Waals surface area contributed by atoms with Crippen molar-refractivity contribution in [1.82, 2.24) is 9.71 Å². The number of benzene rings is 1. The second-order valence-corrected chi connectivity index (χ2v) is 7.71. The van der Waals surface area contributed by atoms with Gasteiger partial charge in [0.15, 0.2) is 0 Å². The molecule has 1 fully saturated rings. The Balaban J connectivity index is 1.71. The lowest BCUT2D eigenvalue weighted by atomic mass is 10.3. The zero-order valence-electron chi connectivity index (χ0n) is 11.8. The number of sulfonamides is 1. The number of nitrogens with one attached hydrogen (secondary N) is 1. The van der Waals surface area contributed by atoms with Crippen molar-refractivity contribution in [3.05, 3.63) is 53.1 Å². The number of aromatic nitrogens is 1. The molecular weight excluding hydrogens is 366 g/mol. The fourth-order valence-electron chi connectivity index (χ4n) is 2.55. The Labute approximate surface area is 138 Å². The predicted octanol–water partition coefficient (Wildman–Crippen LogP) is 2.40. The van der Waals surface area contributed by atoms with Crippen LogP contribution < -0.4 is 9.62 Å². The summed E-state index contributed by atoms with van der Waals surface area (Å²) in [6.45, 7) is 1.42. The Hall–Kier alpha value is -1.44. The zero-order valence-corrected chi connectivity index (χ0v) is 14.2. The summed E-state index contributed by atoms with van der Waals surface area (Å²) in [6, 6.07) is 12.5. The highest BCUT2D eigenvalue weighted by atomic mass is 79.9. The van der Waals surface area contributed by atoms with Gasteiger partial charge in [-0.1, -0.05) is 18.2 Å². The highest BCUT2D eigenvalue weighted by Gasteiger charge is 2.28. The monoisotopic (exact) mass is 381 g/mol. The summed E-state index contributed by atoms with van der Waals surface area (Å²) in [5.41, 5.74) is 0. The Morgan fingerprint density at radius 1 is 1.18 bits per heavy atom. The second-order valence-electron chi connectivity index (χ2n) is 5.17. The fourth-order valence-corrected chi connectivity index (χ4v) is 4.82. The van der Waals surface area contributed by atoms with Crippen LogP contribution in [0.15, 0.2) is 58.0 Å². The van der Waals surface area contributed by atoms with Crippen LogP contribution in [0.25, 0.3) is 0 Å². The van der Waals surface area contributed by atoms with E-state index in [1.807, 2.05) is 18.2 Å². The first-order valence-electron chi connectivity index (χ1n) is 6.99. The molecule has 22 heavy (non-hydrogen) atoms. The number of anilines is 1. The van der Waals surface area contributed by atoms with Crippen LogP contribution in [0.1, 0.15) is 6.42 Å². The maximum absolute atomic E-state index is 12.5. The van der Waals surface area contributed by atoms with E-state index in [1.54, 1.807) is 30.5 Å². The Morgan fingerprint density at radius 2 is 1.95 bits per heavy atom. The first-order chi connectivity index (χ1) is 10.6. The molecule has 0 spiro atoms. The molecule has 1 aromatic heterocycles. The molecule has 116 valence electrons. The van der Waals surface area contributed by atoms with Gasteiger partial charge in [0.05, 0.1) is 4.90 Å². The van der Waals surface area contributed by atoms with Crippen molar-refractivity contribution in [3.8, 4) is 0 Å². The molecule has 7 heteroatoms. The Bertz CT molecular complexity index is 752. The van der Waals surface area contributed by atoms with Gasteiger partial charge in [0, 0.05) is 29.8 Å². The maximum Gasteiger partial charge on any atom is 0.242 e. The molecule has 0 bridgehead atoms. The second kappa shape index (κ2) is 6.36. The quantitative estimate of drug-likeness (QED) is 0.882. The van der Waals surface area contributed by atoms with Gasteiger partial charge in [-0.15, -0.1) is 0 Å². The third-order valence-electron chi connectivity index (χ3n) is 3.61. The van der Waals surface area contributed by atoms with Gasteiger partial charge in [0.25, 0.3) is 0 Å². The largest absolute Gasteiger partial charge is 0.355 e. The molecule has 1 aliphatic heterocycles. The summed E-state index contributed by atoms with van der Waals surface area (Å²) in [6.07, 6.45) is 2.51. The third-order valence-corrected chi connectivity index (χ3v) is 6.14. The van der Waals surface area contributed by atoms with Crippen molar-refractivity contribution in [3.63, 3.8) is 0 Å². The van der Waals surface area contributed by atoms with Crippen LogP contribution in [0.2, 0.25) is 0 Å². The van der Waals surface area contributed by atoms with E-state index in [9.17, 15) is 8.42 Å². The summed E-state index contributed by atoms with van der Waals surface area (Å²) in [7, 11) is -3.52. The number of hydrogen-bond donors (Lipinski definition) is 1. The molecule has 1 aliphatic rings. The predicted molar refractivity (Wildman–Crippen MR) is 89.3 cm³/mol. The molecular formula is C15H16BrN3O2S. The van der Waals surface area contributed by atoms with Gasteiger partial charge >= 0.3 is 0 Å². The summed E-state index contributed by atoms with van der Waals surface area (Å²) in [5, 5.41) is 0. The van der Waals surface area contributed by atoms with Crippen LogP contribution in [0.3, 0.4) is 0 Å². The Morgan fingerprint density at radius 3 is 2.68 bits per heavy atom. The lowest BCUT2D eigenvalue weighted by molar-refractivity contribution is 0.561. The van der Waals surface area contributed by atoms with Crippen molar-refractivity contribution < 1.29 is 8.42 Å². The molecule has 0 saturated carbocycles. The van der Waals surface area contributed by atoms with Crippen LogP contribution in [-0.2, 0) is 10.0 Å². The summed E-state index contributed by atoms with van der Waals surface area (Å²) in [5.74, 6) is 0.880. The molecule has 1 atom stereocenters. The molecule has 2 heterocycles. The van der Waals surface area contributed by atoms with E-state index in [0.717, 1.165) is 18.8 Å². The summed E-state index contributed by atoms with van der Waals surface area (Å²) < 4.78 is 28.3. The molecule has 0 aliphatic carbocycles. The molecule has 2 aromatic rings. The van der Waals surface area contributed by atoms with E-state index < -0.39 is 10.0 Å². The molecule has 0 unspecified atom stereocenters. The van der Waals surface area contributed by atoms with Crippen LogP contribution >= 0.6 is 15.9 Å². The van der Waals surface area contributed by atoms with Crippen molar-refractivity contribution in [1.29, 1.82) is 0 Å². The van der Waals surface area contributed by atoms with Gasteiger partial charge in [-0.25, -0.2) is 18.1 Å². The van der Waals surface area contributed by atoms with Crippen LogP contribution in [0.5, 0.6) is 0 Å². The standard InChI is InChI=1S/C15H16BrN3O2S/c16-13-5-1-2-6-14(13)22(20,21)18-12-8-10-19(11-12)15-7-3-4-9-17-15/h1-7,9,12,18H,8,10-11H2/t12-/m1/s1. The molecule has 5 nitrogen and oxygen atoms in total. The van der Waals surface area contributed by atoms with Crippen molar-refractivity contribution >= 4 is 31.8 Å². The van der Waals surface area contributed by atoms with Crippen molar-refractivity contribution in [2.45, 2.75) is 17.4 Å². The average Bonchev–Trinajstić information content (AvgIpc) is 2.96. The topological polar surface area (TPSA) is 62.3 Å². The highest BCUT2D eigenvalue weighted by molar-refractivity contribution is 9.10. The van der Waals surface area contributed by atoms with Gasteiger partial charge in [-0.05, 0) is 46.6 Å². The molecule has 1 N–H and O–H groups in total. The summed E-state index contributed by atoms with van der Waals surface area (Å²) in [4.78, 5) is 6.67. The highest BCUT2D eigenvalue weighted by Crippen LogP contribution is 2.23. The normalized spacial score (nSPS) is 18.6. The lowest BCUT2D eigenvalue weighted by Gasteiger charge is -2.18. The third kappa shape index (κ3) is 3.31. The van der Waals surface area contributed by atoms with Crippen molar-refractivity contribution in [2.75, 3.05) is 18.0 Å². The van der Waals surface area contributed by atoms with E-state index in [0.29, 0.717) is 11.0 Å². The number of hydrogen-bond acceptors (Lipinski definition) is 4. The zero-order chi connectivity index (χ0) is 15.6. The number of halogens is 1. The van der Waals surface area contributed by atoms with E-state index in [-0.39, 0.29) is 10.9 Å². The molecule has 1 aromatic carbocycles. The van der Waals surface area contributed by atoms with Crippen LogP contribution in [0, 0.1) is 0 Å². The first-order valence-corrected chi connectivity index (χ1v) is 9.27. The summed E-state index contributed by atoms with van der Waals surface area (Å²) >= 11 is 3.29. The minimum Gasteiger partial charge on any atom is -0.355 e. The van der Waals surface area contributed by atoms with E-state index in [4.69, 9.17) is 0 Å². The average molecular weight is 382 g/mol. The van der Waals surface area contributed by atoms with Gasteiger partial charge in [0.1, 0.15) is 5.82 Å². The smallest absolute Gasteiger partial charge is 0.242 e. The molecule has 0 radical (unpaired) electrons. The molecule has 3 rings (SSSR count). The van der Waals surface area contributed by atoms with Crippen LogP contribution in [0.4, 0.5) is 5.82 Å². The van der Waals surface area contributed by atoms with E-state index in [1.165, 1.54) is 0 Å². The lowest BCUT2D eigenvalue weighted by Crippen LogP contribution is -2.37. The number of pyridine rings is 1. The van der Waals surface area contributed by atoms with E-state index >= 15 is 0 Å². The van der Waals surface area contributed by atoms with Crippen molar-refractivity contribution in [2.24, 2.45) is 0 Å². The minimum absolute atomic E-state index is 0.112. The minimum atomic E-state index is -3.52. The Kier molecular flexibility index (Phi) is 4.46. The number of rotatable bonds is 4. The first kappa shape index (κ1) is 15.5. The molecule has 0 amide bonds. The van der Waals surface area contributed by atoms with E-state index in [2.05, 4.69) is 30.5 Å². The van der Waals surface area contributed by atoms with Crippen LogP contribution in [-0.4, -0.2) is 32.5 Å².